The number of carbonyl (C=O) groups excluding carboxylic acids is 1. The van der Waals surface area contributed by atoms with E-state index in [0.717, 1.165) is 6.42 Å². The minimum Gasteiger partial charge on any atom is -0.481 e. The third-order valence-electron chi connectivity index (χ3n) is 2.80. The van der Waals surface area contributed by atoms with Crippen molar-refractivity contribution in [2.45, 2.75) is 48.0 Å². The smallest absolute Gasteiger partial charge is 0.310 e. The van der Waals surface area contributed by atoms with Crippen LogP contribution in [0, 0.1) is 16.7 Å². The molecule has 0 aromatic heterocycles. The van der Waals surface area contributed by atoms with E-state index in [1.807, 2.05) is 13.8 Å². The van der Waals surface area contributed by atoms with Gasteiger partial charge >= 0.3 is 5.97 Å². The summed E-state index contributed by atoms with van der Waals surface area (Å²) >= 11 is 0. The highest BCUT2D eigenvalue weighted by Gasteiger charge is 2.32. The first-order valence-corrected chi connectivity index (χ1v) is 6.01. The van der Waals surface area contributed by atoms with Crippen LogP contribution in [0.1, 0.15) is 48.0 Å². The van der Waals surface area contributed by atoms with Gasteiger partial charge in [-0.2, -0.15) is 0 Å². The van der Waals surface area contributed by atoms with E-state index >= 15 is 0 Å². The summed E-state index contributed by atoms with van der Waals surface area (Å²) in [5.41, 5.74) is -1.38. The van der Waals surface area contributed by atoms with E-state index in [1.165, 1.54) is 0 Å². The lowest BCUT2D eigenvalue weighted by Crippen LogP contribution is -2.44. The lowest BCUT2D eigenvalue weighted by molar-refractivity contribution is -0.147. The molecular weight excluding hydrogens is 218 g/mol. The van der Waals surface area contributed by atoms with E-state index in [2.05, 4.69) is 19.2 Å². The molecule has 0 aliphatic carbocycles. The summed E-state index contributed by atoms with van der Waals surface area (Å²) in [6.45, 7) is 11.3. The third kappa shape index (κ3) is 5.20. The molecule has 0 rings (SSSR count). The second-order valence-electron chi connectivity index (χ2n) is 6.35. The third-order valence-corrected chi connectivity index (χ3v) is 2.80. The van der Waals surface area contributed by atoms with E-state index in [9.17, 15) is 9.59 Å². The van der Waals surface area contributed by atoms with Gasteiger partial charge in [-0.1, -0.05) is 27.7 Å². The predicted octanol–water partition coefficient (Wildman–Crippen LogP) is 2.29. The van der Waals surface area contributed by atoms with Crippen molar-refractivity contribution in [2.24, 2.45) is 16.7 Å². The minimum atomic E-state index is -0.927. The monoisotopic (exact) mass is 243 g/mol. The summed E-state index contributed by atoms with van der Waals surface area (Å²) in [7, 11) is 0. The molecule has 0 aromatic carbocycles. The van der Waals surface area contributed by atoms with Gasteiger partial charge in [0.1, 0.15) is 0 Å². The largest absolute Gasteiger partial charge is 0.481 e. The zero-order chi connectivity index (χ0) is 13.9. The SMILES string of the molecule is CC(C)CC(C)(C)C(=O)NCC(C)(C)C(=O)O. The normalized spacial score (nSPS) is 12.6. The number of carbonyl (C=O) groups is 2. The summed E-state index contributed by atoms with van der Waals surface area (Å²) in [5.74, 6) is -0.553. The standard InChI is InChI=1S/C13H25NO3/c1-9(2)7-12(3,4)10(15)14-8-13(5,6)11(16)17/h9H,7-8H2,1-6H3,(H,14,15)(H,16,17). The van der Waals surface area contributed by atoms with Crippen LogP contribution in [0.25, 0.3) is 0 Å². The molecule has 17 heavy (non-hydrogen) atoms. The van der Waals surface area contributed by atoms with Gasteiger partial charge in [-0.3, -0.25) is 9.59 Å². The molecule has 0 bridgehead atoms. The molecule has 0 spiro atoms. The van der Waals surface area contributed by atoms with Gasteiger partial charge in [-0.15, -0.1) is 0 Å². The maximum absolute atomic E-state index is 12.0. The van der Waals surface area contributed by atoms with E-state index in [0.29, 0.717) is 5.92 Å². The molecule has 0 unspecified atom stereocenters. The molecule has 4 nitrogen and oxygen atoms in total. The average molecular weight is 243 g/mol. The summed E-state index contributed by atoms with van der Waals surface area (Å²) in [5, 5.41) is 11.7. The Labute approximate surface area is 104 Å². The van der Waals surface area contributed by atoms with Crippen molar-refractivity contribution in [2.75, 3.05) is 6.54 Å². The number of rotatable bonds is 6. The van der Waals surface area contributed by atoms with Crippen LogP contribution in [0.5, 0.6) is 0 Å². The van der Waals surface area contributed by atoms with Crippen LogP contribution in [-0.2, 0) is 9.59 Å². The fraction of sp³-hybridized carbons (Fsp3) is 0.846. The highest BCUT2D eigenvalue weighted by Crippen LogP contribution is 2.25. The number of carboxylic acids is 1. The van der Waals surface area contributed by atoms with Gasteiger partial charge in [-0.05, 0) is 26.2 Å². The molecular formula is C13H25NO3. The Hall–Kier alpha value is -1.06. The second-order valence-corrected chi connectivity index (χ2v) is 6.35. The van der Waals surface area contributed by atoms with Crippen LogP contribution in [0.2, 0.25) is 0 Å². The second kappa shape index (κ2) is 5.52. The Morgan fingerprint density at radius 2 is 1.59 bits per heavy atom. The van der Waals surface area contributed by atoms with Crippen LogP contribution in [0.15, 0.2) is 0 Å². The zero-order valence-electron chi connectivity index (χ0n) is 11.8. The molecule has 0 saturated heterocycles. The van der Waals surface area contributed by atoms with E-state index in [4.69, 9.17) is 5.11 Å². The average Bonchev–Trinajstić information content (AvgIpc) is 2.11. The Bertz CT molecular complexity index is 293. The van der Waals surface area contributed by atoms with Crippen molar-refractivity contribution in [3.63, 3.8) is 0 Å². The molecule has 0 aliphatic rings. The van der Waals surface area contributed by atoms with Gasteiger partial charge in [0.05, 0.1) is 5.41 Å². The van der Waals surface area contributed by atoms with Crippen molar-refractivity contribution >= 4 is 11.9 Å². The summed E-state index contributed by atoms with van der Waals surface area (Å²) in [6.07, 6.45) is 0.784. The molecule has 0 radical (unpaired) electrons. The fourth-order valence-electron chi connectivity index (χ4n) is 1.73. The highest BCUT2D eigenvalue weighted by atomic mass is 16.4. The van der Waals surface area contributed by atoms with Crippen LogP contribution in [0.3, 0.4) is 0 Å². The molecule has 0 heterocycles. The molecule has 2 N–H and O–H groups in total. The van der Waals surface area contributed by atoms with Gasteiger partial charge in [-0.25, -0.2) is 0 Å². The lowest BCUT2D eigenvalue weighted by Gasteiger charge is -2.28. The van der Waals surface area contributed by atoms with Crippen molar-refractivity contribution < 1.29 is 14.7 Å². The Balaban J connectivity index is 4.41. The molecule has 0 aliphatic heterocycles. The number of hydrogen-bond acceptors (Lipinski definition) is 2. The van der Waals surface area contributed by atoms with Crippen LogP contribution in [0.4, 0.5) is 0 Å². The van der Waals surface area contributed by atoms with E-state index in [1.54, 1.807) is 13.8 Å². The fourth-order valence-corrected chi connectivity index (χ4v) is 1.73. The quantitative estimate of drug-likeness (QED) is 0.752. The number of aliphatic carboxylic acids is 1. The first kappa shape index (κ1) is 15.9. The highest BCUT2D eigenvalue weighted by molar-refractivity contribution is 5.83. The number of hydrogen-bond donors (Lipinski definition) is 2. The molecule has 0 aromatic rings. The van der Waals surface area contributed by atoms with Crippen LogP contribution in [-0.4, -0.2) is 23.5 Å². The minimum absolute atomic E-state index is 0.0828. The van der Waals surface area contributed by atoms with Gasteiger partial charge in [0.15, 0.2) is 0 Å². The van der Waals surface area contributed by atoms with Gasteiger partial charge in [0, 0.05) is 12.0 Å². The number of amides is 1. The molecule has 100 valence electrons. The first-order chi connectivity index (χ1) is 7.49. The summed E-state index contributed by atoms with van der Waals surface area (Å²) in [4.78, 5) is 22.9. The molecule has 1 amide bonds. The topological polar surface area (TPSA) is 66.4 Å². The maximum atomic E-state index is 12.0. The van der Waals surface area contributed by atoms with E-state index < -0.39 is 16.8 Å². The van der Waals surface area contributed by atoms with Gasteiger partial charge in [0.2, 0.25) is 5.91 Å². The molecule has 0 fully saturated rings. The van der Waals surface area contributed by atoms with Gasteiger partial charge in [0.25, 0.3) is 0 Å². The Morgan fingerprint density at radius 1 is 1.12 bits per heavy atom. The molecule has 4 heteroatoms. The van der Waals surface area contributed by atoms with Crippen molar-refractivity contribution in [1.29, 1.82) is 0 Å². The van der Waals surface area contributed by atoms with Crippen LogP contribution < -0.4 is 5.32 Å². The Morgan fingerprint density at radius 3 is 1.94 bits per heavy atom. The Kier molecular flexibility index (Phi) is 5.17. The number of carboxylic acid groups (broad SMARTS) is 1. The molecule has 0 saturated carbocycles. The lowest BCUT2D eigenvalue weighted by atomic mass is 9.82. The summed E-state index contributed by atoms with van der Waals surface area (Å²) in [6, 6.07) is 0. The maximum Gasteiger partial charge on any atom is 0.310 e. The molecule has 0 atom stereocenters. The van der Waals surface area contributed by atoms with Crippen molar-refractivity contribution in [3.05, 3.63) is 0 Å². The van der Waals surface area contributed by atoms with Gasteiger partial charge < -0.3 is 10.4 Å². The summed E-state index contributed by atoms with van der Waals surface area (Å²) < 4.78 is 0. The van der Waals surface area contributed by atoms with E-state index in [-0.39, 0.29) is 12.5 Å². The predicted molar refractivity (Wildman–Crippen MR) is 67.7 cm³/mol. The van der Waals surface area contributed by atoms with Crippen molar-refractivity contribution in [3.8, 4) is 0 Å². The van der Waals surface area contributed by atoms with Crippen molar-refractivity contribution in [1.82, 2.24) is 5.32 Å². The zero-order valence-corrected chi connectivity index (χ0v) is 11.8. The van der Waals surface area contributed by atoms with Crippen LogP contribution >= 0.6 is 0 Å². The number of nitrogens with one attached hydrogen (secondary N) is 1. The first-order valence-electron chi connectivity index (χ1n) is 6.01.